The van der Waals surface area contributed by atoms with Gasteiger partial charge in [0.2, 0.25) is 11.6 Å². The average molecular weight is 821 g/mol. The Kier molecular flexibility index (Phi) is 13.3. The summed E-state index contributed by atoms with van der Waals surface area (Å²) in [7, 11) is 0. The summed E-state index contributed by atoms with van der Waals surface area (Å²) in [6.45, 7) is -4.05. The number of carbonyl (C=O) groups is 4. The first-order valence-electron chi connectivity index (χ1n) is 16.2. The highest BCUT2D eigenvalue weighted by molar-refractivity contribution is 6.37. The first-order valence-corrected chi connectivity index (χ1v) is 16.2. The zero-order valence-electron chi connectivity index (χ0n) is 29.0. The Hall–Kier alpha value is -6.98. The van der Waals surface area contributed by atoms with Gasteiger partial charge < -0.3 is 18.9 Å². The van der Waals surface area contributed by atoms with Crippen molar-refractivity contribution in [2.75, 3.05) is 0 Å². The molecular formula is C40H22F10O8. The highest BCUT2D eigenvalue weighted by Gasteiger charge is 2.31. The van der Waals surface area contributed by atoms with E-state index in [0.29, 0.717) is 11.1 Å². The molecule has 0 heterocycles. The van der Waals surface area contributed by atoms with E-state index in [9.17, 15) is 63.1 Å². The molecule has 5 rings (SSSR count). The molecule has 58 heavy (non-hydrogen) atoms. The molecule has 0 bridgehead atoms. The normalized spacial score (nSPS) is 10.8. The molecule has 18 heteroatoms. The van der Waals surface area contributed by atoms with Crippen molar-refractivity contribution in [2.24, 2.45) is 0 Å². The van der Waals surface area contributed by atoms with Crippen LogP contribution in [0.4, 0.5) is 43.9 Å². The predicted molar refractivity (Wildman–Crippen MR) is 177 cm³/mol. The van der Waals surface area contributed by atoms with Crippen LogP contribution in [0.3, 0.4) is 0 Å². The highest BCUT2D eigenvalue weighted by Crippen LogP contribution is 2.26. The minimum absolute atomic E-state index is 0.260. The highest BCUT2D eigenvalue weighted by atomic mass is 19.2. The van der Waals surface area contributed by atoms with Crippen LogP contribution in [0.5, 0.6) is 0 Å². The lowest BCUT2D eigenvalue weighted by molar-refractivity contribution is -0.146. The molecule has 0 aliphatic heterocycles. The summed E-state index contributed by atoms with van der Waals surface area (Å²) in [5.41, 5.74) is -4.33. The van der Waals surface area contributed by atoms with Crippen LogP contribution in [0, 0.1) is 58.2 Å². The van der Waals surface area contributed by atoms with Crippen molar-refractivity contribution in [3.63, 3.8) is 0 Å². The lowest BCUT2D eigenvalue weighted by Crippen LogP contribution is -2.28. The van der Waals surface area contributed by atoms with E-state index in [0.717, 1.165) is 24.3 Å². The predicted octanol–water partition coefficient (Wildman–Crippen LogP) is 6.35. The summed E-state index contributed by atoms with van der Waals surface area (Å²) in [6, 6.07) is 20.0. The van der Waals surface area contributed by atoms with Crippen LogP contribution in [0.2, 0.25) is 0 Å². The Morgan fingerprint density at radius 1 is 0.328 bits per heavy atom. The summed E-state index contributed by atoms with van der Waals surface area (Å²) in [5.74, 6) is -30.7. The Morgan fingerprint density at radius 2 is 0.569 bits per heavy atom. The molecule has 0 aliphatic rings. The van der Waals surface area contributed by atoms with E-state index < -0.39 is 123 Å². The maximum atomic E-state index is 14.3. The van der Waals surface area contributed by atoms with Gasteiger partial charge in [0.1, 0.15) is 26.4 Å². The maximum Gasteiger partial charge on any atom is 0.346 e. The van der Waals surface area contributed by atoms with E-state index in [1.165, 1.54) is 0 Å². The van der Waals surface area contributed by atoms with E-state index in [4.69, 9.17) is 9.47 Å². The van der Waals surface area contributed by atoms with Gasteiger partial charge in [-0.3, -0.25) is 0 Å². The Morgan fingerprint density at radius 3 is 0.845 bits per heavy atom. The van der Waals surface area contributed by atoms with Crippen LogP contribution in [0.15, 0.2) is 84.9 Å². The maximum absolute atomic E-state index is 14.3. The molecule has 0 spiro atoms. The molecule has 0 aromatic heterocycles. The lowest BCUT2D eigenvalue weighted by Gasteiger charge is -2.12. The van der Waals surface area contributed by atoms with Crippen LogP contribution < -0.4 is 10.4 Å². The van der Waals surface area contributed by atoms with Gasteiger partial charge in [0, 0.05) is 0 Å². The molecule has 0 unspecified atom stereocenters. The third kappa shape index (κ3) is 9.17. The first-order chi connectivity index (χ1) is 27.6. The quantitative estimate of drug-likeness (QED) is 0.0359. The summed E-state index contributed by atoms with van der Waals surface area (Å²) in [5, 5.41) is -0.869. The van der Waals surface area contributed by atoms with E-state index in [-0.39, 0.29) is 18.4 Å². The molecule has 300 valence electrons. The Labute approximate surface area is 319 Å². The van der Waals surface area contributed by atoms with Gasteiger partial charge in [0.25, 0.3) is 0 Å². The number of benzene rings is 5. The fourth-order valence-corrected chi connectivity index (χ4v) is 5.01. The van der Waals surface area contributed by atoms with E-state index in [1.54, 1.807) is 60.7 Å². The third-order valence-corrected chi connectivity index (χ3v) is 8.00. The molecular weight excluding hydrogens is 798 g/mol. The van der Waals surface area contributed by atoms with E-state index >= 15 is 0 Å². The molecule has 0 fully saturated rings. The van der Waals surface area contributed by atoms with Crippen molar-refractivity contribution in [3.8, 4) is 0 Å². The topological polar surface area (TPSA) is 105 Å². The SMILES string of the molecule is O=C(OCc1ccccc1)C(C(=O)OCc1ccccc1)=c1ccc(=C(C(=O)OCc2c(F)c(F)c(F)c(F)c2F)C(=O)OCc2c(F)c(F)c(F)c(F)c2F)cc1. The third-order valence-electron chi connectivity index (χ3n) is 8.00. The van der Waals surface area contributed by atoms with Crippen molar-refractivity contribution in [3.05, 3.63) is 176 Å². The molecule has 0 radical (unpaired) electrons. The van der Waals surface area contributed by atoms with Gasteiger partial charge in [-0.2, -0.15) is 0 Å². The molecule has 0 saturated heterocycles. The molecule has 5 aromatic carbocycles. The standard InChI is InChI=1S/C40H22F10O8/c41-27-23(28(42)32(46)35(49)31(27)45)17-57-39(53)26(40(54)58-18-24-29(43)33(47)36(50)34(48)30(24)44)22-13-11-21(12-14-22)25(37(51)55-15-19-7-3-1-4-8-19)38(52)56-16-20-9-5-2-6-10-20/h1-14H,15-18H2. The molecule has 0 amide bonds. The van der Waals surface area contributed by atoms with E-state index in [2.05, 4.69) is 9.47 Å². The minimum atomic E-state index is -2.54. The van der Waals surface area contributed by atoms with E-state index in [1.807, 2.05) is 0 Å². The van der Waals surface area contributed by atoms with Crippen LogP contribution in [0.25, 0.3) is 11.1 Å². The van der Waals surface area contributed by atoms with Crippen molar-refractivity contribution >= 4 is 35.0 Å². The number of rotatable bonds is 12. The fraction of sp³-hybridized carbons (Fsp3) is 0.100. The largest absolute Gasteiger partial charge is 0.457 e. The second kappa shape index (κ2) is 18.3. The summed E-state index contributed by atoms with van der Waals surface area (Å²) < 4.78 is 159. The number of esters is 4. The van der Waals surface area contributed by atoms with Crippen LogP contribution in [0.1, 0.15) is 22.3 Å². The second-order valence-corrected chi connectivity index (χ2v) is 11.7. The number of carbonyl (C=O) groups excluding carboxylic acids is 4. The zero-order chi connectivity index (χ0) is 42.3. The molecule has 0 N–H and O–H groups in total. The van der Waals surface area contributed by atoms with Crippen LogP contribution >= 0.6 is 0 Å². The average Bonchev–Trinajstić information content (AvgIpc) is 3.23. The minimum Gasteiger partial charge on any atom is -0.457 e. The fourth-order valence-electron chi connectivity index (χ4n) is 5.01. The Balaban J connectivity index is 1.56. The van der Waals surface area contributed by atoms with Gasteiger partial charge in [-0.1, -0.05) is 84.9 Å². The van der Waals surface area contributed by atoms with Crippen molar-refractivity contribution in [2.45, 2.75) is 26.4 Å². The van der Waals surface area contributed by atoms with Crippen molar-refractivity contribution < 1.29 is 82.0 Å². The smallest absolute Gasteiger partial charge is 0.346 e. The van der Waals surface area contributed by atoms with Crippen molar-refractivity contribution in [1.29, 1.82) is 0 Å². The van der Waals surface area contributed by atoms with Crippen LogP contribution in [-0.2, 0) is 64.6 Å². The number of halogens is 10. The first kappa shape index (κ1) is 42.2. The van der Waals surface area contributed by atoms with Gasteiger partial charge >= 0.3 is 23.9 Å². The Bertz CT molecular complexity index is 2320. The lowest BCUT2D eigenvalue weighted by atomic mass is 10.1. The second-order valence-electron chi connectivity index (χ2n) is 11.7. The number of hydrogen-bond acceptors (Lipinski definition) is 8. The summed E-state index contributed by atoms with van der Waals surface area (Å²) in [4.78, 5) is 53.1. The summed E-state index contributed by atoms with van der Waals surface area (Å²) >= 11 is 0. The monoisotopic (exact) mass is 820 g/mol. The van der Waals surface area contributed by atoms with Gasteiger partial charge in [-0.25, -0.2) is 63.1 Å². The van der Waals surface area contributed by atoms with Crippen molar-refractivity contribution in [1.82, 2.24) is 0 Å². The number of ether oxygens (including phenoxy) is 4. The number of hydrogen-bond donors (Lipinski definition) is 0. The molecule has 8 nitrogen and oxygen atoms in total. The molecule has 0 saturated carbocycles. The molecule has 5 aromatic rings. The van der Waals surface area contributed by atoms with Crippen LogP contribution in [-0.4, -0.2) is 23.9 Å². The molecule has 0 aliphatic carbocycles. The van der Waals surface area contributed by atoms with Gasteiger partial charge in [0.15, 0.2) is 57.7 Å². The van der Waals surface area contributed by atoms with Gasteiger partial charge in [-0.15, -0.1) is 0 Å². The van der Waals surface area contributed by atoms with Gasteiger partial charge in [-0.05, 0) is 21.6 Å². The molecule has 0 atom stereocenters. The van der Waals surface area contributed by atoms with Gasteiger partial charge in [0.05, 0.1) is 11.1 Å². The zero-order valence-corrected chi connectivity index (χ0v) is 29.0. The summed E-state index contributed by atoms with van der Waals surface area (Å²) in [6.07, 6.45) is 0.